The highest BCUT2D eigenvalue weighted by Gasteiger charge is 2.03. The molecule has 0 radical (unpaired) electrons. The summed E-state index contributed by atoms with van der Waals surface area (Å²) in [4.78, 5) is 10.9. The van der Waals surface area contributed by atoms with Crippen molar-refractivity contribution in [3.05, 3.63) is 58.6 Å². The van der Waals surface area contributed by atoms with Gasteiger partial charge in [-0.05, 0) is 54.4 Å². The Kier molecular flexibility index (Phi) is 5.77. The van der Waals surface area contributed by atoms with E-state index in [2.05, 4.69) is 10.5 Å². The van der Waals surface area contributed by atoms with E-state index < -0.39 is 5.97 Å². The molecule has 0 aromatic heterocycles. The van der Waals surface area contributed by atoms with E-state index in [0.717, 1.165) is 5.56 Å². The Balaban J connectivity index is 2.13. The number of benzene rings is 2. The Hall–Kier alpha value is -3.04. The van der Waals surface area contributed by atoms with Gasteiger partial charge in [0.15, 0.2) is 6.61 Å². The number of nitrogens with one attached hydrogen (secondary N) is 1. The molecule has 0 aliphatic rings. The lowest BCUT2D eigenvalue weighted by atomic mass is 10.1. The van der Waals surface area contributed by atoms with Crippen molar-refractivity contribution in [2.45, 2.75) is 6.92 Å². The van der Waals surface area contributed by atoms with Gasteiger partial charge in [0, 0.05) is 0 Å². The minimum atomic E-state index is -1.29. The molecule has 0 atom stereocenters. The molecule has 2 aromatic carbocycles. The Morgan fingerprint density at radius 2 is 1.96 bits per heavy atom. The number of carboxylic acids is 1. The Bertz CT molecular complexity index is 811. The van der Waals surface area contributed by atoms with Gasteiger partial charge >= 0.3 is 0 Å². The van der Waals surface area contributed by atoms with Crippen molar-refractivity contribution in [2.75, 3.05) is 12.0 Å². The lowest BCUT2D eigenvalue weighted by Crippen LogP contribution is -2.22. The number of aromatic carboxylic acids is 1. The zero-order chi connectivity index (χ0) is 17.5. The highest BCUT2D eigenvalue weighted by Crippen LogP contribution is 2.23. The van der Waals surface area contributed by atoms with Crippen LogP contribution >= 0.6 is 11.6 Å². The van der Waals surface area contributed by atoms with Gasteiger partial charge < -0.3 is 14.6 Å². The van der Waals surface area contributed by atoms with E-state index in [1.54, 1.807) is 31.2 Å². The highest BCUT2D eigenvalue weighted by atomic mass is 35.5. The van der Waals surface area contributed by atoms with Crippen molar-refractivity contribution in [2.24, 2.45) is 5.10 Å². The molecule has 7 heteroatoms. The van der Waals surface area contributed by atoms with Crippen LogP contribution in [-0.2, 0) is 0 Å². The van der Waals surface area contributed by atoms with Crippen molar-refractivity contribution < 1.29 is 14.6 Å². The lowest BCUT2D eigenvalue weighted by molar-refractivity contribution is -0.255. The molecule has 2 rings (SSSR count). The molecule has 122 valence electrons. The molecule has 0 fully saturated rings. The molecular weight excluding hydrogens is 330 g/mol. The summed E-state index contributed by atoms with van der Waals surface area (Å²) >= 11 is 6.01. The SMILES string of the molecule is C/C(=N/Nc1cc(C(=O)[O-])ccc1Cl)c1ccc(OCC#N)cc1. The van der Waals surface area contributed by atoms with Crippen LogP contribution in [-0.4, -0.2) is 18.3 Å². The van der Waals surface area contributed by atoms with E-state index in [9.17, 15) is 9.90 Å². The molecule has 0 saturated carbocycles. The molecule has 2 aromatic rings. The van der Waals surface area contributed by atoms with Crippen molar-refractivity contribution in [1.29, 1.82) is 5.26 Å². The number of anilines is 1. The fraction of sp³-hybridized carbons (Fsp3) is 0.118. The second kappa shape index (κ2) is 7.99. The maximum absolute atomic E-state index is 10.9. The largest absolute Gasteiger partial charge is 0.545 e. The number of hydrazone groups is 1. The molecule has 0 bridgehead atoms. The molecule has 0 spiro atoms. The van der Waals surface area contributed by atoms with Gasteiger partial charge in [0.25, 0.3) is 0 Å². The molecule has 0 aliphatic heterocycles. The van der Waals surface area contributed by atoms with Crippen molar-refractivity contribution in [3.8, 4) is 11.8 Å². The first-order valence-electron chi connectivity index (χ1n) is 6.92. The number of hydrogen-bond donors (Lipinski definition) is 1. The Morgan fingerprint density at radius 3 is 2.58 bits per heavy atom. The number of carbonyl (C=O) groups is 1. The number of hydrogen-bond acceptors (Lipinski definition) is 6. The predicted octanol–water partition coefficient (Wildman–Crippen LogP) is 2.44. The maximum Gasteiger partial charge on any atom is 0.174 e. The number of halogens is 1. The summed E-state index contributed by atoms with van der Waals surface area (Å²) < 4.78 is 5.17. The summed E-state index contributed by atoms with van der Waals surface area (Å²) in [6.07, 6.45) is 0. The van der Waals surface area contributed by atoms with Crippen LogP contribution in [0.1, 0.15) is 22.8 Å². The summed E-state index contributed by atoms with van der Waals surface area (Å²) in [6, 6.07) is 13.1. The topological polar surface area (TPSA) is 97.5 Å². The van der Waals surface area contributed by atoms with E-state index in [1.165, 1.54) is 18.2 Å². The second-order valence-electron chi connectivity index (χ2n) is 4.76. The van der Waals surface area contributed by atoms with E-state index in [-0.39, 0.29) is 12.2 Å². The van der Waals surface area contributed by atoms with Gasteiger partial charge in [0.2, 0.25) is 0 Å². The predicted molar refractivity (Wildman–Crippen MR) is 89.2 cm³/mol. The highest BCUT2D eigenvalue weighted by molar-refractivity contribution is 6.33. The molecule has 0 amide bonds. The number of ether oxygens (including phenoxy) is 1. The summed E-state index contributed by atoms with van der Waals surface area (Å²) in [6.45, 7) is 1.77. The molecule has 0 saturated heterocycles. The van der Waals surface area contributed by atoms with Crippen LogP contribution in [0.4, 0.5) is 5.69 Å². The van der Waals surface area contributed by atoms with Crippen LogP contribution in [0.25, 0.3) is 0 Å². The molecule has 0 heterocycles. The monoisotopic (exact) mass is 342 g/mol. The van der Waals surface area contributed by atoms with Crippen LogP contribution in [0, 0.1) is 11.3 Å². The van der Waals surface area contributed by atoms with Gasteiger partial charge in [-0.1, -0.05) is 17.7 Å². The van der Waals surface area contributed by atoms with Crippen LogP contribution in [0.5, 0.6) is 5.75 Å². The zero-order valence-corrected chi connectivity index (χ0v) is 13.5. The molecule has 0 aliphatic carbocycles. The van der Waals surface area contributed by atoms with E-state index >= 15 is 0 Å². The third-order valence-corrected chi connectivity index (χ3v) is 3.45. The van der Waals surface area contributed by atoms with Crippen molar-refractivity contribution in [1.82, 2.24) is 0 Å². The molecule has 24 heavy (non-hydrogen) atoms. The van der Waals surface area contributed by atoms with Gasteiger partial charge in [0.1, 0.15) is 11.8 Å². The third kappa shape index (κ3) is 4.48. The van der Waals surface area contributed by atoms with Crippen molar-refractivity contribution >= 4 is 29.0 Å². The quantitative estimate of drug-likeness (QED) is 0.642. The fourth-order valence-corrected chi connectivity index (χ4v) is 2.01. The molecule has 0 unspecified atom stereocenters. The summed E-state index contributed by atoms with van der Waals surface area (Å²) in [5, 5.41) is 23.9. The van der Waals surface area contributed by atoms with E-state index in [4.69, 9.17) is 21.6 Å². The first-order chi connectivity index (χ1) is 11.5. The second-order valence-corrected chi connectivity index (χ2v) is 5.17. The normalized spacial score (nSPS) is 10.8. The van der Waals surface area contributed by atoms with Gasteiger partial charge in [-0.3, -0.25) is 5.43 Å². The molecular formula is C17H13ClN3O3-. The van der Waals surface area contributed by atoms with Gasteiger partial charge in [0.05, 0.1) is 22.4 Å². The average Bonchev–Trinajstić information content (AvgIpc) is 2.59. The number of rotatable bonds is 6. The van der Waals surface area contributed by atoms with Gasteiger partial charge in [-0.2, -0.15) is 10.4 Å². The summed E-state index contributed by atoms with van der Waals surface area (Å²) in [5.41, 5.74) is 4.62. The molecule has 1 N–H and O–H groups in total. The number of carbonyl (C=O) groups excluding carboxylic acids is 1. The zero-order valence-electron chi connectivity index (χ0n) is 12.7. The smallest absolute Gasteiger partial charge is 0.174 e. The summed E-state index contributed by atoms with van der Waals surface area (Å²) in [7, 11) is 0. The standard InChI is InChI=1S/C17H14ClN3O3/c1-11(12-2-5-14(6-3-12)24-9-8-19)20-21-16-10-13(17(22)23)4-7-15(16)18/h2-7,10,21H,9H2,1H3,(H,22,23)/p-1/b20-11-. The average molecular weight is 343 g/mol. The minimum absolute atomic E-state index is 0.00810. The van der Waals surface area contributed by atoms with Crippen LogP contribution in [0.15, 0.2) is 47.6 Å². The van der Waals surface area contributed by atoms with Crippen LogP contribution < -0.4 is 15.3 Å². The Labute approximate surface area is 143 Å². The van der Waals surface area contributed by atoms with Crippen molar-refractivity contribution in [3.63, 3.8) is 0 Å². The van der Waals surface area contributed by atoms with Gasteiger partial charge in [-0.15, -0.1) is 0 Å². The third-order valence-electron chi connectivity index (χ3n) is 3.12. The van der Waals surface area contributed by atoms with Crippen LogP contribution in [0.3, 0.4) is 0 Å². The summed E-state index contributed by atoms with van der Waals surface area (Å²) in [5.74, 6) is -0.700. The first-order valence-corrected chi connectivity index (χ1v) is 7.30. The Morgan fingerprint density at radius 1 is 1.29 bits per heavy atom. The van der Waals surface area contributed by atoms with Gasteiger partial charge in [-0.25, -0.2) is 0 Å². The number of nitrogens with zero attached hydrogens (tertiary/aromatic N) is 2. The fourth-order valence-electron chi connectivity index (χ4n) is 1.85. The lowest BCUT2D eigenvalue weighted by Gasteiger charge is -2.09. The first kappa shape index (κ1) is 17.3. The minimum Gasteiger partial charge on any atom is -0.545 e. The number of carboxylic acid groups (broad SMARTS) is 1. The van der Waals surface area contributed by atoms with E-state index in [0.29, 0.717) is 22.2 Å². The maximum atomic E-state index is 10.9. The van der Waals surface area contributed by atoms with E-state index in [1.807, 2.05) is 6.07 Å². The molecule has 6 nitrogen and oxygen atoms in total. The number of nitriles is 1. The van der Waals surface area contributed by atoms with Crippen LogP contribution in [0.2, 0.25) is 5.02 Å².